The Morgan fingerprint density at radius 1 is 1.33 bits per heavy atom. The number of nitro benzene ring substituents is 1. The number of nitro groups is 1. The molecule has 4 nitrogen and oxygen atoms in total. The number of nitrogens with one attached hydrogen (secondary N) is 1. The molecular weight excluding hydrogens is 228 g/mol. The molecular formula is C14H22N2O2. The molecule has 4 heteroatoms. The van der Waals surface area contributed by atoms with Crippen molar-refractivity contribution in [3.63, 3.8) is 0 Å². The van der Waals surface area contributed by atoms with Crippen molar-refractivity contribution < 1.29 is 4.92 Å². The predicted octanol–water partition coefficient (Wildman–Crippen LogP) is 3.51. The van der Waals surface area contributed by atoms with Gasteiger partial charge in [-0.3, -0.25) is 10.1 Å². The minimum absolute atomic E-state index is 0.195. The summed E-state index contributed by atoms with van der Waals surface area (Å²) in [6, 6.07) is 7.27. The smallest absolute Gasteiger partial charge is 0.273 e. The van der Waals surface area contributed by atoms with E-state index in [-0.39, 0.29) is 10.6 Å². The van der Waals surface area contributed by atoms with Crippen molar-refractivity contribution >= 4 is 5.69 Å². The Labute approximate surface area is 109 Å². The fraction of sp³-hybridized carbons (Fsp3) is 0.571. The summed E-state index contributed by atoms with van der Waals surface area (Å²) in [5.41, 5.74) is 0.944. The Kier molecular flexibility index (Phi) is 5.78. The van der Waals surface area contributed by atoms with Crippen LogP contribution in [0.5, 0.6) is 0 Å². The van der Waals surface area contributed by atoms with Gasteiger partial charge in [-0.25, -0.2) is 0 Å². The molecule has 0 heterocycles. The summed E-state index contributed by atoms with van der Waals surface area (Å²) in [5.74, 6) is 0.679. The van der Waals surface area contributed by atoms with Crippen molar-refractivity contribution in [1.82, 2.24) is 5.32 Å². The van der Waals surface area contributed by atoms with Crippen LogP contribution in [0.15, 0.2) is 24.3 Å². The molecule has 0 saturated carbocycles. The molecule has 0 spiro atoms. The summed E-state index contributed by atoms with van der Waals surface area (Å²) in [7, 11) is 0. The number of para-hydroxylation sites is 1. The average molecular weight is 250 g/mol. The molecule has 0 aliphatic carbocycles. The quantitative estimate of drug-likeness (QED) is 0.595. The zero-order valence-corrected chi connectivity index (χ0v) is 11.3. The first-order valence-corrected chi connectivity index (χ1v) is 6.50. The van der Waals surface area contributed by atoms with Crippen LogP contribution in [0.1, 0.15) is 39.2 Å². The maximum absolute atomic E-state index is 10.9. The topological polar surface area (TPSA) is 55.2 Å². The highest BCUT2D eigenvalue weighted by Gasteiger charge is 2.13. The van der Waals surface area contributed by atoms with Crippen molar-refractivity contribution in [2.75, 3.05) is 0 Å². The molecule has 1 aromatic carbocycles. The van der Waals surface area contributed by atoms with Crippen molar-refractivity contribution in [2.45, 2.75) is 46.2 Å². The second kappa shape index (κ2) is 7.11. The fourth-order valence-corrected chi connectivity index (χ4v) is 1.98. The van der Waals surface area contributed by atoms with Gasteiger partial charge in [0.25, 0.3) is 5.69 Å². The van der Waals surface area contributed by atoms with Gasteiger partial charge in [-0.15, -0.1) is 0 Å². The van der Waals surface area contributed by atoms with Crippen LogP contribution in [0.3, 0.4) is 0 Å². The van der Waals surface area contributed by atoms with E-state index in [2.05, 4.69) is 26.1 Å². The van der Waals surface area contributed by atoms with Crippen molar-refractivity contribution in [2.24, 2.45) is 5.92 Å². The molecule has 2 atom stereocenters. The lowest BCUT2D eigenvalue weighted by Crippen LogP contribution is -2.27. The van der Waals surface area contributed by atoms with E-state index in [1.54, 1.807) is 18.2 Å². The van der Waals surface area contributed by atoms with E-state index in [0.29, 0.717) is 18.5 Å². The summed E-state index contributed by atoms with van der Waals surface area (Å²) >= 11 is 0. The normalized spacial score (nSPS) is 14.2. The van der Waals surface area contributed by atoms with Crippen molar-refractivity contribution in [3.8, 4) is 0 Å². The predicted molar refractivity (Wildman–Crippen MR) is 73.5 cm³/mol. The molecule has 1 N–H and O–H groups in total. The lowest BCUT2D eigenvalue weighted by Gasteiger charge is -2.17. The highest BCUT2D eigenvalue weighted by molar-refractivity contribution is 5.39. The van der Waals surface area contributed by atoms with Crippen LogP contribution < -0.4 is 5.32 Å². The van der Waals surface area contributed by atoms with Gasteiger partial charge in [-0.2, -0.15) is 0 Å². The summed E-state index contributed by atoms with van der Waals surface area (Å²) in [5, 5.41) is 14.2. The SMILES string of the molecule is CCC(C)CC(C)NCc1ccccc1[N+](=O)[O-]. The van der Waals surface area contributed by atoms with E-state index in [1.807, 2.05) is 6.07 Å². The zero-order valence-electron chi connectivity index (χ0n) is 11.3. The molecule has 1 rings (SSSR count). The number of hydrogen-bond acceptors (Lipinski definition) is 3. The Morgan fingerprint density at radius 3 is 2.61 bits per heavy atom. The van der Waals surface area contributed by atoms with Crippen LogP contribution in [0.2, 0.25) is 0 Å². The molecule has 0 aromatic heterocycles. The van der Waals surface area contributed by atoms with Crippen LogP contribution in [0.25, 0.3) is 0 Å². The Balaban J connectivity index is 2.55. The first-order valence-electron chi connectivity index (χ1n) is 6.50. The van der Waals surface area contributed by atoms with Gasteiger partial charge in [0.05, 0.1) is 4.92 Å². The first kappa shape index (κ1) is 14.6. The third-order valence-corrected chi connectivity index (χ3v) is 3.28. The van der Waals surface area contributed by atoms with Crippen molar-refractivity contribution in [1.29, 1.82) is 0 Å². The Morgan fingerprint density at radius 2 is 2.00 bits per heavy atom. The van der Waals surface area contributed by atoms with Gasteiger partial charge in [0.15, 0.2) is 0 Å². The third-order valence-electron chi connectivity index (χ3n) is 3.28. The van der Waals surface area contributed by atoms with E-state index >= 15 is 0 Å². The molecule has 0 aliphatic rings. The second-order valence-corrected chi connectivity index (χ2v) is 4.92. The summed E-state index contributed by atoms with van der Waals surface area (Å²) in [6.45, 7) is 7.08. The lowest BCUT2D eigenvalue weighted by atomic mass is 10.0. The van der Waals surface area contributed by atoms with Gasteiger partial charge < -0.3 is 5.32 Å². The van der Waals surface area contributed by atoms with Crippen LogP contribution in [-0.2, 0) is 6.54 Å². The van der Waals surface area contributed by atoms with Crippen molar-refractivity contribution in [3.05, 3.63) is 39.9 Å². The summed E-state index contributed by atoms with van der Waals surface area (Å²) in [4.78, 5) is 10.5. The maximum atomic E-state index is 10.9. The molecule has 0 amide bonds. The van der Waals surface area contributed by atoms with Crippen LogP contribution in [0.4, 0.5) is 5.69 Å². The van der Waals surface area contributed by atoms with Gasteiger partial charge in [-0.1, -0.05) is 38.5 Å². The van der Waals surface area contributed by atoms with Crippen LogP contribution in [-0.4, -0.2) is 11.0 Å². The fourth-order valence-electron chi connectivity index (χ4n) is 1.98. The van der Waals surface area contributed by atoms with Gasteiger partial charge in [0.1, 0.15) is 0 Å². The van der Waals surface area contributed by atoms with Gasteiger partial charge in [0.2, 0.25) is 0 Å². The second-order valence-electron chi connectivity index (χ2n) is 4.92. The summed E-state index contributed by atoms with van der Waals surface area (Å²) in [6.07, 6.45) is 2.26. The van der Waals surface area contributed by atoms with Crippen LogP contribution >= 0.6 is 0 Å². The summed E-state index contributed by atoms with van der Waals surface area (Å²) < 4.78 is 0. The Hall–Kier alpha value is -1.42. The van der Waals surface area contributed by atoms with E-state index in [1.165, 1.54) is 0 Å². The molecule has 0 fully saturated rings. The Bertz CT molecular complexity index is 393. The maximum Gasteiger partial charge on any atom is 0.273 e. The van der Waals surface area contributed by atoms with E-state index in [9.17, 15) is 10.1 Å². The minimum Gasteiger partial charge on any atom is -0.310 e. The standard InChI is InChI=1S/C14H22N2O2/c1-4-11(2)9-12(3)15-10-13-7-5-6-8-14(13)16(17)18/h5-8,11-12,15H,4,9-10H2,1-3H3. The largest absolute Gasteiger partial charge is 0.310 e. The molecule has 0 radical (unpaired) electrons. The van der Waals surface area contributed by atoms with Gasteiger partial charge in [0, 0.05) is 24.2 Å². The first-order chi connectivity index (χ1) is 8.54. The zero-order chi connectivity index (χ0) is 13.5. The average Bonchev–Trinajstić information content (AvgIpc) is 2.36. The molecule has 0 aliphatic heterocycles. The minimum atomic E-state index is -0.323. The molecule has 1 aromatic rings. The monoisotopic (exact) mass is 250 g/mol. The molecule has 0 saturated heterocycles. The molecule has 0 bridgehead atoms. The number of rotatable bonds is 7. The van der Waals surface area contributed by atoms with E-state index in [4.69, 9.17) is 0 Å². The number of hydrogen-bond donors (Lipinski definition) is 1. The lowest BCUT2D eigenvalue weighted by molar-refractivity contribution is -0.385. The highest BCUT2D eigenvalue weighted by atomic mass is 16.6. The molecule has 2 unspecified atom stereocenters. The molecule has 100 valence electrons. The van der Waals surface area contributed by atoms with Gasteiger partial charge in [-0.05, 0) is 19.3 Å². The van der Waals surface area contributed by atoms with Crippen LogP contribution in [0, 0.1) is 16.0 Å². The number of nitrogens with zero attached hydrogens (tertiary/aromatic N) is 1. The van der Waals surface area contributed by atoms with Gasteiger partial charge >= 0.3 is 0 Å². The molecule has 18 heavy (non-hydrogen) atoms. The van der Waals surface area contributed by atoms with E-state index < -0.39 is 0 Å². The van der Waals surface area contributed by atoms with E-state index in [0.717, 1.165) is 18.4 Å². The third kappa shape index (κ3) is 4.45. The highest BCUT2D eigenvalue weighted by Crippen LogP contribution is 2.18. The number of benzene rings is 1.